The number of nitrogens with one attached hydrogen (secondary N) is 2. The van der Waals surface area contributed by atoms with Gasteiger partial charge in [0.05, 0.1) is 12.2 Å². The third-order valence-electron chi connectivity index (χ3n) is 4.01. The summed E-state index contributed by atoms with van der Waals surface area (Å²) >= 11 is 0. The van der Waals surface area contributed by atoms with E-state index in [0.717, 1.165) is 18.2 Å². The van der Waals surface area contributed by atoms with Gasteiger partial charge >= 0.3 is 0 Å². The zero-order valence-corrected chi connectivity index (χ0v) is 13.0. The molecule has 114 valence electrons. The molecule has 22 heavy (non-hydrogen) atoms. The van der Waals surface area contributed by atoms with Crippen LogP contribution >= 0.6 is 0 Å². The number of fused-ring (bicyclic) bond motifs is 1. The molecule has 3 rings (SSSR count). The van der Waals surface area contributed by atoms with Crippen molar-refractivity contribution in [2.75, 3.05) is 7.05 Å². The van der Waals surface area contributed by atoms with Crippen molar-refractivity contribution in [2.45, 2.75) is 32.4 Å². The molecule has 1 aromatic heterocycles. The van der Waals surface area contributed by atoms with E-state index in [0.29, 0.717) is 6.54 Å². The monoisotopic (exact) mass is 294 g/mol. The lowest BCUT2D eigenvalue weighted by molar-refractivity contribution is 0.794. The molecule has 0 spiro atoms. The van der Waals surface area contributed by atoms with Crippen molar-refractivity contribution >= 4 is 5.96 Å². The summed E-state index contributed by atoms with van der Waals surface area (Å²) in [7, 11) is 1.79. The fourth-order valence-corrected chi connectivity index (χ4v) is 2.82. The zero-order valence-electron chi connectivity index (χ0n) is 13.0. The van der Waals surface area contributed by atoms with Gasteiger partial charge in [0, 0.05) is 19.8 Å². The van der Waals surface area contributed by atoms with Crippen LogP contribution < -0.4 is 10.6 Å². The molecule has 1 aromatic carbocycles. The smallest absolute Gasteiger partial charge is 0.191 e. The van der Waals surface area contributed by atoms with Crippen molar-refractivity contribution in [3.63, 3.8) is 0 Å². The fraction of sp³-hybridized carbons (Fsp3) is 0.333. The quantitative estimate of drug-likeness (QED) is 0.672. The van der Waals surface area contributed by atoms with Crippen LogP contribution in [0, 0.1) is 0 Å². The predicted molar refractivity (Wildman–Crippen MR) is 89.7 cm³/mol. The van der Waals surface area contributed by atoms with Gasteiger partial charge in [-0.05, 0) is 48.1 Å². The number of hydrogen-bond donors (Lipinski definition) is 2. The summed E-state index contributed by atoms with van der Waals surface area (Å²) in [6.07, 6.45) is 5.55. The molecule has 1 heterocycles. The Morgan fingerprint density at radius 2 is 1.95 bits per heavy atom. The lowest BCUT2D eigenvalue weighted by Crippen LogP contribution is -2.36. The van der Waals surface area contributed by atoms with E-state index >= 15 is 0 Å². The van der Waals surface area contributed by atoms with Crippen LogP contribution in [0.25, 0.3) is 0 Å². The van der Waals surface area contributed by atoms with Gasteiger partial charge in [-0.2, -0.15) is 0 Å². The summed E-state index contributed by atoms with van der Waals surface area (Å²) in [4.78, 5) is 8.55. The average Bonchev–Trinajstić information content (AvgIpc) is 3.03. The fourth-order valence-electron chi connectivity index (χ4n) is 2.82. The van der Waals surface area contributed by atoms with Crippen LogP contribution in [-0.2, 0) is 25.9 Å². The molecule has 0 bridgehead atoms. The normalized spacial score (nSPS) is 13.8. The molecule has 0 aliphatic heterocycles. The van der Waals surface area contributed by atoms with Crippen LogP contribution in [0.15, 0.2) is 47.6 Å². The number of guanidine groups is 1. The second-order valence-electron chi connectivity index (χ2n) is 5.56. The number of nitrogens with zero attached hydrogens (tertiary/aromatic N) is 2. The Hall–Kier alpha value is -2.36. The molecule has 2 aromatic rings. The van der Waals surface area contributed by atoms with E-state index in [2.05, 4.69) is 38.8 Å². The second-order valence-corrected chi connectivity index (χ2v) is 5.56. The van der Waals surface area contributed by atoms with Crippen LogP contribution in [0.4, 0.5) is 0 Å². The van der Waals surface area contributed by atoms with E-state index < -0.39 is 0 Å². The van der Waals surface area contributed by atoms with Gasteiger partial charge in [-0.25, -0.2) is 0 Å². The first-order valence-corrected chi connectivity index (χ1v) is 7.80. The maximum absolute atomic E-state index is 4.30. The highest BCUT2D eigenvalue weighted by atomic mass is 15.2. The number of aromatic nitrogens is 1. The van der Waals surface area contributed by atoms with Gasteiger partial charge in [0.25, 0.3) is 0 Å². The summed E-state index contributed by atoms with van der Waals surface area (Å²) in [6, 6.07) is 12.7. The number of hydrogen-bond acceptors (Lipinski definition) is 2. The molecular formula is C18H22N4. The first-order valence-electron chi connectivity index (χ1n) is 7.80. The van der Waals surface area contributed by atoms with E-state index in [1.54, 1.807) is 13.2 Å². The zero-order chi connectivity index (χ0) is 15.2. The minimum atomic E-state index is 0.671. The third-order valence-corrected chi connectivity index (χ3v) is 4.01. The van der Waals surface area contributed by atoms with Crippen LogP contribution in [0.5, 0.6) is 0 Å². The first-order chi connectivity index (χ1) is 10.8. The largest absolute Gasteiger partial charge is 0.352 e. The molecule has 2 N–H and O–H groups in total. The van der Waals surface area contributed by atoms with E-state index in [4.69, 9.17) is 0 Å². The Morgan fingerprint density at radius 3 is 2.77 bits per heavy atom. The van der Waals surface area contributed by atoms with Gasteiger partial charge in [-0.1, -0.05) is 24.3 Å². The molecule has 0 radical (unpaired) electrons. The predicted octanol–water partition coefficient (Wildman–Crippen LogP) is 2.44. The summed E-state index contributed by atoms with van der Waals surface area (Å²) in [6.45, 7) is 1.46. The average molecular weight is 294 g/mol. The van der Waals surface area contributed by atoms with Gasteiger partial charge < -0.3 is 10.6 Å². The van der Waals surface area contributed by atoms with E-state index in [1.807, 2.05) is 18.2 Å². The number of rotatable bonds is 4. The Balaban J connectivity index is 1.53. The van der Waals surface area contributed by atoms with Gasteiger partial charge in [0.15, 0.2) is 5.96 Å². The molecule has 1 aliphatic rings. The lowest BCUT2D eigenvalue weighted by Gasteiger charge is -2.12. The summed E-state index contributed by atoms with van der Waals surface area (Å²) in [5.41, 5.74) is 5.33. The standard InChI is InChI=1S/C18H22N4/c1-19-18(22-13-17-7-2-3-10-20-17)21-12-14-8-9-15-5-4-6-16(15)11-14/h2-3,7-11H,4-6,12-13H2,1H3,(H2,19,21,22). The van der Waals surface area contributed by atoms with Crippen LogP contribution in [-0.4, -0.2) is 18.0 Å². The summed E-state index contributed by atoms with van der Waals surface area (Å²) < 4.78 is 0. The SMILES string of the molecule is CN=C(NCc1ccc2c(c1)CCC2)NCc1ccccn1. The van der Waals surface area contributed by atoms with Crippen molar-refractivity contribution in [2.24, 2.45) is 4.99 Å². The molecule has 0 saturated heterocycles. The van der Waals surface area contributed by atoms with Gasteiger partial charge in [0.2, 0.25) is 0 Å². The number of benzene rings is 1. The number of aliphatic imine (C=N–C) groups is 1. The highest BCUT2D eigenvalue weighted by molar-refractivity contribution is 5.79. The summed E-state index contributed by atoms with van der Waals surface area (Å²) in [5.74, 6) is 0.797. The van der Waals surface area contributed by atoms with Crippen molar-refractivity contribution in [1.29, 1.82) is 0 Å². The molecule has 4 nitrogen and oxygen atoms in total. The van der Waals surface area contributed by atoms with Crippen LogP contribution in [0.3, 0.4) is 0 Å². The molecule has 0 fully saturated rings. The van der Waals surface area contributed by atoms with Crippen LogP contribution in [0.2, 0.25) is 0 Å². The Morgan fingerprint density at radius 1 is 1.09 bits per heavy atom. The second kappa shape index (κ2) is 7.07. The van der Waals surface area contributed by atoms with Gasteiger partial charge in [-0.3, -0.25) is 9.98 Å². The molecular weight excluding hydrogens is 272 g/mol. The maximum Gasteiger partial charge on any atom is 0.191 e. The van der Waals surface area contributed by atoms with Crippen molar-refractivity contribution in [3.05, 3.63) is 65.0 Å². The molecule has 0 atom stereocenters. The minimum absolute atomic E-state index is 0.671. The van der Waals surface area contributed by atoms with Gasteiger partial charge in [0.1, 0.15) is 0 Å². The van der Waals surface area contributed by atoms with Crippen LogP contribution in [0.1, 0.15) is 28.8 Å². The molecule has 4 heteroatoms. The van der Waals surface area contributed by atoms with Crippen molar-refractivity contribution in [3.8, 4) is 0 Å². The molecule has 0 unspecified atom stereocenters. The molecule has 0 amide bonds. The number of aryl methyl sites for hydroxylation is 2. The highest BCUT2D eigenvalue weighted by Crippen LogP contribution is 2.22. The highest BCUT2D eigenvalue weighted by Gasteiger charge is 2.10. The van der Waals surface area contributed by atoms with Gasteiger partial charge in [-0.15, -0.1) is 0 Å². The van der Waals surface area contributed by atoms with E-state index in [-0.39, 0.29) is 0 Å². The Bertz CT molecular complexity index is 649. The third kappa shape index (κ3) is 3.64. The summed E-state index contributed by atoms with van der Waals surface area (Å²) in [5, 5.41) is 6.64. The van der Waals surface area contributed by atoms with E-state index in [9.17, 15) is 0 Å². The minimum Gasteiger partial charge on any atom is -0.352 e. The van der Waals surface area contributed by atoms with Crippen molar-refractivity contribution < 1.29 is 0 Å². The molecule has 1 aliphatic carbocycles. The Kier molecular flexibility index (Phi) is 4.68. The topological polar surface area (TPSA) is 49.3 Å². The lowest BCUT2D eigenvalue weighted by atomic mass is 10.1. The Labute approximate surface area is 131 Å². The number of pyridine rings is 1. The first kappa shape index (κ1) is 14.6. The molecule has 0 saturated carbocycles. The van der Waals surface area contributed by atoms with E-state index in [1.165, 1.54) is 36.0 Å². The maximum atomic E-state index is 4.30. The van der Waals surface area contributed by atoms with Crippen molar-refractivity contribution in [1.82, 2.24) is 15.6 Å².